The van der Waals surface area contributed by atoms with Gasteiger partial charge in [-0.3, -0.25) is 9.69 Å². The van der Waals surface area contributed by atoms with Crippen LogP contribution in [0.3, 0.4) is 0 Å². The normalized spacial score (nSPS) is 20.2. The summed E-state index contributed by atoms with van der Waals surface area (Å²) in [4.78, 5) is 31.2. The molecule has 2 aromatic rings. The minimum Gasteiger partial charge on any atom is -0.423 e. The van der Waals surface area contributed by atoms with Gasteiger partial charge in [-0.25, -0.2) is 4.79 Å². The van der Waals surface area contributed by atoms with Crippen molar-refractivity contribution in [3.8, 4) is 11.5 Å². The Labute approximate surface area is 176 Å². The number of piperidine rings is 1. The second-order valence-electron chi connectivity index (χ2n) is 7.95. The highest BCUT2D eigenvalue weighted by molar-refractivity contribution is 5.90. The zero-order chi connectivity index (χ0) is 20.9. The number of nitrogens with zero attached hydrogens (tertiary/aromatic N) is 5. The molecule has 1 atom stereocenters. The first kappa shape index (κ1) is 20.3. The lowest BCUT2D eigenvalue weighted by molar-refractivity contribution is -0.136. The zero-order valence-electron chi connectivity index (χ0n) is 17.3. The molecule has 2 aliphatic rings. The van der Waals surface area contributed by atoms with Gasteiger partial charge in [0.1, 0.15) is 0 Å². The van der Waals surface area contributed by atoms with Crippen molar-refractivity contribution < 1.29 is 14.0 Å². The minimum atomic E-state index is -0.145. The summed E-state index contributed by atoms with van der Waals surface area (Å²) in [6.07, 6.45) is 4.67. The van der Waals surface area contributed by atoms with E-state index in [0.717, 1.165) is 24.9 Å². The van der Waals surface area contributed by atoms with Crippen molar-refractivity contribution in [3.05, 3.63) is 30.7 Å². The van der Waals surface area contributed by atoms with E-state index < -0.39 is 0 Å². The number of carbonyl (C=O) groups excluding carboxylic acids is 2. The summed E-state index contributed by atoms with van der Waals surface area (Å²) < 4.78 is 5.21. The van der Waals surface area contributed by atoms with Crippen LogP contribution in [0.2, 0.25) is 0 Å². The number of amides is 3. The first-order valence-corrected chi connectivity index (χ1v) is 10.5. The van der Waals surface area contributed by atoms with Crippen LogP contribution in [0.4, 0.5) is 10.5 Å². The van der Waals surface area contributed by atoms with Crippen LogP contribution >= 0.6 is 0 Å². The van der Waals surface area contributed by atoms with Crippen LogP contribution in [-0.4, -0.2) is 82.1 Å². The van der Waals surface area contributed by atoms with Gasteiger partial charge in [0, 0.05) is 50.0 Å². The number of rotatable bonds is 4. The predicted molar refractivity (Wildman–Crippen MR) is 112 cm³/mol. The molecule has 0 aliphatic carbocycles. The van der Waals surface area contributed by atoms with Crippen LogP contribution in [0, 0.1) is 0 Å². The van der Waals surface area contributed by atoms with Gasteiger partial charge >= 0.3 is 6.03 Å². The quantitative estimate of drug-likeness (QED) is 0.828. The highest BCUT2D eigenvalue weighted by Crippen LogP contribution is 2.21. The molecule has 2 saturated heterocycles. The van der Waals surface area contributed by atoms with Crippen LogP contribution in [0.5, 0.6) is 0 Å². The second kappa shape index (κ2) is 9.25. The van der Waals surface area contributed by atoms with E-state index in [-0.39, 0.29) is 11.9 Å². The van der Waals surface area contributed by atoms with Gasteiger partial charge in [0.25, 0.3) is 0 Å². The fourth-order valence-electron chi connectivity index (χ4n) is 4.09. The molecule has 1 N–H and O–H groups in total. The molecule has 4 rings (SSSR count). The van der Waals surface area contributed by atoms with Gasteiger partial charge in [0.2, 0.25) is 18.2 Å². The van der Waals surface area contributed by atoms with Gasteiger partial charge in [0.15, 0.2) is 0 Å². The number of likely N-dealkylation sites (tertiary alicyclic amines) is 1. The molecule has 3 amide bonds. The fraction of sp³-hybridized carbons (Fsp3) is 0.524. The number of urea groups is 1. The van der Waals surface area contributed by atoms with E-state index in [1.807, 2.05) is 23.1 Å². The van der Waals surface area contributed by atoms with E-state index in [1.165, 1.54) is 12.8 Å². The van der Waals surface area contributed by atoms with Gasteiger partial charge in [-0.2, -0.15) is 0 Å². The van der Waals surface area contributed by atoms with Crippen molar-refractivity contribution in [1.82, 2.24) is 24.9 Å². The number of anilines is 1. The Balaban J connectivity index is 1.26. The van der Waals surface area contributed by atoms with Crippen LogP contribution in [0.25, 0.3) is 11.5 Å². The molecule has 2 fully saturated rings. The van der Waals surface area contributed by atoms with Crippen molar-refractivity contribution in [1.29, 1.82) is 0 Å². The van der Waals surface area contributed by atoms with E-state index in [2.05, 4.69) is 27.3 Å². The van der Waals surface area contributed by atoms with Crippen molar-refractivity contribution in [2.45, 2.75) is 32.2 Å². The Kier molecular flexibility index (Phi) is 6.27. The number of hydrogen-bond acceptors (Lipinski definition) is 6. The lowest BCUT2D eigenvalue weighted by Crippen LogP contribution is -2.53. The molecule has 0 radical (unpaired) electrons. The van der Waals surface area contributed by atoms with Crippen molar-refractivity contribution in [3.63, 3.8) is 0 Å². The fourth-order valence-corrected chi connectivity index (χ4v) is 4.09. The van der Waals surface area contributed by atoms with E-state index in [9.17, 15) is 9.59 Å². The second-order valence-corrected chi connectivity index (χ2v) is 7.95. The van der Waals surface area contributed by atoms with Gasteiger partial charge < -0.3 is 19.5 Å². The van der Waals surface area contributed by atoms with Crippen LogP contribution in [-0.2, 0) is 4.79 Å². The highest BCUT2D eigenvalue weighted by atomic mass is 16.4. The van der Waals surface area contributed by atoms with Crippen LogP contribution in [0.1, 0.15) is 26.2 Å². The van der Waals surface area contributed by atoms with E-state index in [1.54, 1.807) is 11.0 Å². The lowest BCUT2D eigenvalue weighted by Gasteiger charge is -2.38. The molecule has 9 heteroatoms. The topological polar surface area (TPSA) is 94.8 Å². The first-order chi connectivity index (χ1) is 14.6. The summed E-state index contributed by atoms with van der Waals surface area (Å²) in [5, 5.41) is 10.5. The molecule has 0 saturated carbocycles. The summed E-state index contributed by atoms with van der Waals surface area (Å²) in [7, 11) is 0. The molecule has 0 spiro atoms. The largest absolute Gasteiger partial charge is 0.423 e. The standard InChI is InChI=1S/C21H28N6O3/c1-16-5-2-3-8-27(16)19(28)14-25-9-11-26(12-10-25)21(29)23-18-7-4-6-17(13-18)20-24-22-15-30-20/h4,6-7,13,15-16H,2-3,5,8-12,14H2,1H3,(H,23,29). The van der Waals surface area contributed by atoms with E-state index in [4.69, 9.17) is 4.42 Å². The summed E-state index contributed by atoms with van der Waals surface area (Å²) >= 11 is 0. The molecular weight excluding hydrogens is 384 g/mol. The number of hydrogen-bond donors (Lipinski definition) is 1. The monoisotopic (exact) mass is 412 g/mol. The molecule has 30 heavy (non-hydrogen) atoms. The summed E-state index contributed by atoms with van der Waals surface area (Å²) in [5.74, 6) is 0.616. The Bertz CT molecular complexity index is 863. The van der Waals surface area contributed by atoms with Gasteiger partial charge in [0.05, 0.1) is 6.54 Å². The van der Waals surface area contributed by atoms with Crippen molar-refractivity contribution in [2.75, 3.05) is 44.6 Å². The zero-order valence-corrected chi connectivity index (χ0v) is 17.3. The molecule has 9 nitrogen and oxygen atoms in total. The summed E-state index contributed by atoms with van der Waals surface area (Å²) in [6, 6.07) is 7.50. The average Bonchev–Trinajstić information content (AvgIpc) is 3.30. The Hall–Kier alpha value is -2.94. The third kappa shape index (κ3) is 4.79. The van der Waals surface area contributed by atoms with Crippen molar-refractivity contribution >= 4 is 17.6 Å². The van der Waals surface area contributed by atoms with Gasteiger partial charge in [-0.05, 0) is 44.4 Å². The van der Waals surface area contributed by atoms with Crippen molar-refractivity contribution in [2.24, 2.45) is 0 Å². The molecule has 2 aliphatic heterocycles. The summed E-state index contributed by atoms with van der Waals surface area (Å²) in [5.41, 5.74) is 1.42. The third-order valence-corrected chi connectivity index (χ3v) is 5.86. The molecule has 0 bridgehead atoms. The molecule has 1 unspecified atom stereocenters. The summed E-state index contributed by atoms with van der Waals surface area (Å²) in [6.45, 7) is 6.02. The predicted octanol–water partition coefficient (Wildman–Crippen LogP) is 2.29. The number of carbonyl (C=O) groups is 2. The number of benzene rings is 1. The third-order valence-electron chi connectivity index (χ3n) is 5.86. The maximum atomic E-state index is 12.7. The first-order valence-electron chi connectivity index (χ1n) is 10.5. The molecule has 3 heterocycles. The SMILES string of the molecule is CC1CCCCN1C(=O)CN1CCN(C(=O)Nc2cccc(-c3nnco3)c2)CC1. The van der Waals surface area contributed by atoms with Crippen LogP contribution in [0.15, 0.2) is 35.1 Å². The maximum Gasteiger partial charge on any atom is 0.321 e. The Morgan fingerprint density at radius 2 is 2.00 bits per heavy atom. The Morgan fingerprint density at radius 3 is 2.73 bits per heavy atom. The Morgan fingerprint density at radius 1 is 1.17 bits per heavy atom. The number of piperazine rings is 1. The van der Waals surface area contributed by atoms with Gasteiger partial charge in [-0.15, -0.1) is 10.2 Å². The number of aromatic nitrogens is 2. The van der Waals surface area contributed by atoms with Gasteiger partial charge in [-0.1, -0.05) is 6.07 Å². The minimum absolute atomic E-state index is 0.145. The smallest absolute Gasteiger partial charge is 0.321 e. The highest BCUT2D eigenvalue weighted by Gasteiger charge is 2.27. The average molecular weight is 412 g/mol. The molecule has 160 valence electrons. The van der Waals surface area contributed by atoms with E-state index in [0.29, 0.717) is 50.3 Å². The van der Waals surface area contributed by atoms with E-state index >= 15 is 0 Å². The maximum absolute atomic E-state index is 12.7. The molecule has 1 aromatic carbocycles. The molecular formula is C21H28N6O3. The lowest BCUT2D eigenvalue weighted by atomic mass is 10.0. The number of nitrogens with one attached hydrogen (secondary N) is 1. The van der Waals surface area contributed by atoms with Crippen LogP contribution < -0.4 is 5.32 Å². The molecule has 1 aromatic heterocycles.